The van der Waals surface area contributed by atoms with Gasteiger partial charge in [0.15, 0.2) is 6.10 Å². The molecule has 0 spiro atoms. The van der Waals surface area contributed by atoms with Gasteiger partial charge in [0.25, 0.3) is 5.91 Å². The number of amides is 1. The third-order valence-corrected chi connectivity index (χ3v) is 4.86. The topological polar surface area (TPSA) is 38.3 Å². The van der Waals surface area contributed by atoms with Crippen LogP contribution < -0.4 is 10.1 Å². The van der Waals surface area contributed by atoms with Crippen LogP contribution in [0.1, 0.15) is 30.9 Å². The summed E-state index contributed by atoms with van der Waals surface area (Å²) in [5.74, 6) is 0.729. The summed E-state index contributed by atoms with van der Waals surface area (Å²) < 4.78 is 7.10. The Morgan fingerprint density at radius 1 is 1.13 bits per heavy atom. The standard InChI is InChI=1S/C19H20INO2/c1-13(19(22)21-16-11-9-15(20)10-12-16)23-18-8-4-6-14-5-2-3-7-17(14)18/h4,6,8-13H,2-3,5,7H2,1H3,(H,21,22). The van der Waals surface area contributed by atoms with E-state index in [-0.39, 0.29) is 5.91 Å². The molecule has 4 heteroatoms. The van der Waals surface area contributed by atoms with Gasteiger partial charge in [-0.05, 0) is 96.7 Å². The molecule has 0 heterocycles. The van der Waals surface area contributed by atoms with E-state index in [1.54, 1.807) is 6.92 Å². The molecule has 3 nitrogen and oxygen atoms in total. The molecule has 2 aromatic rings. The summed E-state index contributed by atoms with van der Waals surface area (Å²) in [5.41, 5.74) is 3.42. The van der Waals surface area contributed by atoms with Gasteiger partial charge in [-0.15, -0.1) is 0 Å². The van der Waals surface area contributed by atoms with Gasteiger partial charge in [-0.2, -0.15) is 0 Å². The Morgan fingerprint density at radius 3 is 2.65 bits per heavy atom. The van der Waals surface area contributed by atoms with Crippen molar-refractivity contribution < 1.29 is 9.53 Å². The summed E-state index contributed by atoms with van der Waals surface area (Å²) in [6.07, 6.45) is 4.05. The second kappa shape index (κ2) is 7.34. The normalized spacial score (nSPS) is 14.7. The highest BCUT2D eigenvalue weighted by molar-refractivity contribution is 14.1. The number of fused-ring (bicyclic) bond motifs is 1. The Hall–Kier alpha value is -1.56. The van der Waals surface area contributed by atoms with Crippen molar-refractivity contribution in [1.29, 1.82) is 0 Å². The first-order valence-electron chi connectivity index (χ1n) is 7.97. The SMILES string of the molecule is CC(Oc1cccc2c1CCCC2)C(=O)Nc1ccc(I)cc1. The van der Waals surface area contributed by atoms with Crippen LogP contribution >= 0.6 is 22.6 Å². The number of halogens is 1. The Bertz CT molecular complexity index is 697. The highest BCUT2D eigenvalue weighted by atomic mass is 127. The quantitative estimate of drug-likeness (QED) is 0.735. The summed E-state index contributed by atoms with van der Waals surface area (Å²) in [5, 5.41) is 2.90. The third-order valence-electron chi connectivity index (χ3n) is 4.14. The lowest BCUT2D eigenvalue weighted by atomic mass is 9.91. The lowest BCUT2D eigenvalue weighted by Gasteiger charge is -2.22. The molecule has 1 aliphatic carbocycles. The molecule has 1 atom stereocenters. The van der Waals surface area contributed by atoms with E-state index in [9.17, 15) is 4.79 Å². The fourth-order valence-electron chi connectivity index (χ4n) is 2.88. The monoisotopic (exact) mass is 421 g/mol. The van der Waals surface area contributed by atoms with Crippen LogP contribution in [-0.2, 0) is 17.6 Å². The molecule has 0 saturated heterocycles. The molecule has 0 aliphatic heterocycles. The second-order valence-electron chi connectivity index (χ2n) is 5.86. The fourth-order valence-corrected chi connectivity index (χ4v) is 3.24. The Labute approximate surface area is 150 Å². The first kappa shape index (κ1) is 16.3. The van der Waals surface area contributed by atoms with Gasteiger partial charge in [0.05, 0.1) is 0 Å². The van der Waals surface area contributed by atoms with E-state index in [0.29, 0.717) is 0 Å². The number of ether oxygens (including phenoxy) is 1. The van der Waals surface area contributed by atoms with Gasteiger partial charge in [0.2, 0.25) is 0 Å². The number of anilines is 1. The van der Waals surface area contributed by atoms with Crippen molar-refractivity contribution >= 4 is 34.2 Å². The third kappa shape index (κ3) is 4.05. The molecule has 2 aromatic carbocycles. The number of carbonyl (C=O) groups excluding carboxylic acids is 1. The zero-order valence-electron chi connectivity index (χ0n) is 13.1. The molecule has 3 rings (SSSR count). The van der Waals surface area contributed by atoms with E-state index in [0.717, 1.165) is 27.8 Å². The molecule has 1 N–H and O–H groups in total. The average Bonchev–Trinajstić information content (AvgIpc) is 2.57. The summed E-state index contributed by atoms with van der Waals surface area (Å²) in [4.78, 5) is 12.3. The lowest BCUT2D eigenvalue weighted by Crippen LogP contribution is -2.30. The van der Waals surface area contributed by atoms with E-state index in [1.807, 2.05) is 36.4 Å². The van der Waals surface area contributed by atoms with Crippen LogP contribution in [0.5, 0.6) is 5.75 Å². The summed E-state index contributed by atoms with van der Waals surface area (Å²) in [7, 11) is 0. The molecule has 0 saturated carbocycles. The van der Waals surface area contributed by atoms with E-state index in [1.165, 1.54) is 24.0 Å². The minimum atomic E-state index is -0.525. The van der Waals surface area contributed by atoms with E-state index in [4.69, 9.17) is 4.74 Å². The van der Waals surface area contributed by atoms with Crippen LogP contribution in [0.15, 0.2) is 42.5 Å². The number of aryl methyl sites for hydroxylation is 1. The summed E-state index contributed by atoms with van der Waals surface area (Å²) >= 11 is 2.24. The van der Waals surface area contributed by atoms with Crippen LogP contribution in [-0.4, -0.2) is 12.0 Å². The molecule has 0 bridgehead atoms. The van der Waals surface area contributed by atoms with Crippen molar-refractivity contribution in [3.63, 3.8) is 0 Å². The minimum absolute atomic E-state index is 0.125. The van der Waals surface area contributed by atoms with Crippen LogP contribution in [0.2, 0.25) is 0 Å². The van der Waals surface area contributed by atoms with Gasteiger partial charge in [0, 0.05) is 9.26 Å². The molecule has 1 aliphatic rings. The summed E-state index contributed by atoms with van der Waals surface area (Å²) in [6.45, 7) is 1.80. The average molecular weight is 421 g/mol. The van der Waals surface area contributed by atoms with Crippen molar-refractivity contribution in [1.82, 2.24) is 0 Å². The maximum absolute atomic E-state index is 12.3. The predicted molar refractivity (Wildman–Crippen MR) is 101 cm³/mol. The van der Waals surface area contributed by atoms with Crippen LogP contribution in [0.3, 0.4) is 0 Å². The van der Waals surface area contributed by atoms with Crippen molar-refractivity contribution in [3.8, 4) is 5.75 Å². The molecule has 0 fully saturated rings. The number of carbonyl (C=O) groups is 1. The second-order valence-corrected chi connectivity index (χ2v) is 7.10. The maximum atomic E-state index is 12.3. The van der Waals surface area contributed by atoms with Gasteiger partial charge in [-0.25, -0.2) is 0 Å². The van der Waals surface area contributed by atoms with E-state index >= 15 is 0 Å². The van der Waals surface area contributed by atoms with Crippen molar-refractivity contribution in [3.05, 3.63) is 57.2 Å². The Morgan fingerprint density at radius 2 is 1.87 bits per heavy atom. The Kier molecular flexibility index (Phi) is 5.20. The first-order chi connectivity index (χ1) is 11.1. The Balaban J connectivity index is 1.68. The van der Waals surface area contributed by atoms with Crippen molar-refractivity contribution in [2.75, 3.05) is 5.32 Å². The van der Waals surface area contributed by atoms with Gasteiger partial charge in [-0.3, -0.25) is 4.79 Å². The largest absolute Gasteiger partial charge is 0.481 e. The van der Waals surface area contributed by atoms with Gasteiger partial charge in [-0.1, -0.05) is 12.1 Å². The highest BCUT2D eigenvalue weighted by Gasteiger charge is 2.19. The smallest absolute Gasteiger partial charge is 0.265 e. The molecule has 1 unspecified atom stereocenters. The van der Waals surface area contributed by atoms with Crippen LogP contribution in [0, 0.1) is 3.57 Å². The zero-order chi connectivity index (χ0) is 16.2. The van der Waals surface area contributed by atoms with Crippen molar-refractivity contribution in [2.24, 2.45) is 0 Å². The highest BCUT2D eigenvalue weighted by Crippen LogP contribution is 2.30. The van der Waals surface area contributed by atoms with Gasteiger partial charge >= 0.3 is 0 Å². The fraction of sp³-hybridized carbons (Fsp3) is 0.316. The molecule has 120 valence electrons. The van der Waals surface area contributed by atoms with E-state index in [2.05, 4.69) is 34.0 Å². The number of rotatable bonds is 4. The maximum Gasteiger partial charge on any atom is 0.265 e. The lowest BCUT2D eigenvalue weighted by molar-refractivity contribution is -0.122. The number of nitrogens with one attached hydrogen (secondary N) is 1. The van der Waals surface area contributed by atoms with E-state index < -0.39 is 6.10 Å². The van der Waals surface area contributed by atoms with Gasteiger partial charge < -0.3 is 10.1 Å². The number of hydrogen-bond acceptors (Lipinski definition) is 2. The van der Waals surface area contributed by atoms with Crippen LogP contribution in [0.25, 0.3) is 0 Å². The predicted octanol–water partition coefficient (Wildman–Crippen LogP) is 4.58. The number of hydrogen-bond donors (Lipinski definition) is 1. The molecule has 0 radical (unpaired) electrons. The molecule has 23 heavy (non-hydrogen) atoms. The van der Waals surface area contributed by atoms with Crippen molar-refractivity contribution in [2.45, 2.75) is 38.7 Å². The molecule has 0 aromatic heterocycles. The zero-order valence-corrected chi connectivity index (χ0v) is 15.3. The summed E-state index contributed by atoms with van der Waals surface area (Å²) in [6, 6.07) is 13.9. The molecule has 1 amide bonds. The molecular formula is C19H20INO2. The van der Waals surface area contributed by atoms with Crippen LogP contribution in [0.4, 0.5) is 5.69 Å². The molecular weight excluding hydrogens is 401 g/mol. The number of benzene rings is 2. The first-order valence-corrected chi connectivity index (χ1v) is 9.05. The minimum Gasteiger partial charge on any atom is -0.481 e. The van der Waals surface area contributed by atoms with Gasteiger partial charge in [0.1, 0.15) is 5.75 Å².